The summed E-state index contributed by atoms with van der Waals surface area (Å²) in [5, 5.41) is 18.4. The molecule has 39 heavy (non-hydrogen) atoms. The summed E-state index contributed by atoms with van der Waals surface area (Å²) in [5.74, 6) is -2.43. The Hall–Kier alpha value is -3.62. The number of hydrogen-bond acceptors (Lipinski definition) is 6. The second kappa shape index (κ2) is 10.2. The Kier molecular flexibility index (Phi) is 7.40. The number of carbonyl (C=O) groups is 3. The molecule has 4 rings (SSSR count). The SMILES string of the molecule is C#C[C@@H](OC)[C@H](NC(=O)C(F)(F)F)C(=O)N1C[C@H]2[C@@H]([C@H]1C(=O)NC(C#N)c1cnn3cccc(Br)c13)C2(C)C. The van der Waals surface area contributed by atoms with Gasteiger partial charge in [-0.15, -0.1) is 6.42 Å². The number of amides is 3. The van der Waals surface area contributed by atoms with E-state index in [2.05, 4.69) is 32.3 Å². The number of ether oxygens (including phenoxy) is 1. The third kappa shape index (κ3) is 4.94. The Balaban J connectivity index is 1.64. The molecule has 1 saturated carbocycles. The molecule has 1 aliphatic heterocycles. The van der Waals surface area contributed by atoms with Crippen LogP contribution in [0, 0.1) is 40.9 Å². The van der Waals surface area contributed by atoms with Crippen LogP contribution in [-0.4, -0.2) is 70.3 Å². The number of halogens is 4. The van der Waals surface area contributed by atoms with Gasteiger partial charge in [0, 0.05) is 29.9 Å². The maximum absolute atomic E-state index is 13.6. The Labute approximate surface area is 230 Å². The van der Waals surface area contributed by atoms with Crippen molar-refractivity contribution in [1.29, 1.82) is 5.26 Å². The second-order valence-electron chi connectivity index (χ2n) is 9.98. The van der Waals surface area contributed by atoms with Crippen LogP contribution >= 0.6 is 15.9 Å². The highest BCUT2D eigenvalue weighted by atomic mass is 79.9. The van der Waals surface area contributed by atoms with E-state index in [0.29, 0.717) is 15.6 Å². The number of carbonyl (C=O) groups excluding carboxylic acids is 3. The molecule has 3 amide bonds. The van der Waals surface area contributed by atoms with Gasteiger partial charge in [0.1, 0.15) is 24.2 Å². The molecular formula is C25H24BrF3N6O4. The number of aromatic nitrogens is 2. The highest BCUT2D eigenvalue weighted by Crippen LogP contribution is 2.65. The second-order valence-corrected chi connectivity index (χ2v) is 10.8. The van der Waals surface area contributed by atoms with Crippen molar-refractivity contribution in [3.8, 4) is 18.4 Å². The van der Waals surface area contributed by atoms with Gasteiger partial charge in [-0.05, 0) is 45.3 Å². The van der Waals surface area contributed by atoms with Crippen LogP contribution < -0.4 is 10.6 Å². The summed E-state index contributed by atoms with van der Waals surface area (Å²) in [6, 6.07) is 1.35. The van der Waals surface area contributed by atoms with Crippen LogP contribution in [0.3, 0.4) is 0 Å². The molecule has 2 aliphatic rings. The van der Waals surface area contributed by atoms with Crippen LogP contribution in [-0.2, 0) is 19.1 Å². The average molecular weight is 609 g/mol. The van der Waals surface area contributed by atoms with Gasteiger partial charge < -0.3 is 20.3 Å². The van der Waals surface area contributed by atoms with Gasteiger partial charge in [0.05, 0.1) is 17.8 Å². The summed E-state index contributed by atoms with van der Waals surface area (Å²) in [5.41, 5.74) is 0.620. The first-order valence-corrected chi connectivity index (χ1v) is 12.6. The number of hydrogen-bond donors (Lipinski definition) is 2. The van der Waals surface area contributed by atoms with E-state index >= 15 is 0 Å². The molecule has 14 heteroatoms. The Bertz CT molecular complexity index is 1410. The maximum atomic E-state index is 13.6. The normalized spacial score (nSPS) is 23.6. The van der Waals surface area contributed by atoms with Gasteiger partial charge in [-0.3, -0.25) is 14.4 Å². The smallest absolute Gasteiger partial charge is 0.366 e. The number of piperidine rings is 1. The van der Waals surface area contributed by atoms with Crippen molar-refractivity contribution in [2.45, 2.75) is 44.3 Å². The maximum Gasteiger partial charge on any atom is 0.471 e. The standard InChI is InChI=1S/C25H24BrF3N6O4/c1-5-16(39-4)18(33-23(38)25(27,28)29)22(37)34-11-13-17(24(13,2)3)20(34)21(36)32-15(9-30)12-10-31-35-8-6-7-14(26)19(12)35/h1,6-8,10,13,15-18,20H,11H2,2-4H3,(H,32,36)(H,33,38)/t13-,15?,16+,17-,18-,20-/m0/s1. The van der Waals surface area contributed by atoms with Crippen molar-refractivity contribution in [3.05, 3.63) is 34.6 Å². The molecule has 10 nitrogen and oxygen atoms in total. The molecule has 2 fully saturated rings. The van der Waals surface area contributed by atoms with Crippen LogP contribution in [0.25, 0.3) is 5.52 Å². The van der Waals surface area contributed by atoms with Gasteiger partial charge in [-0.1, -0.05) is 19.8 Å². The van der Waals surface area contributed by atoms with E-state index in [1.165, 1.54) is 10.7 Å². The van der Waals surface area contributed by atoms with E-state index in [-0.39, 0.29) is 23.8 Å². The lowest BCUT2D eigenvalue weighted by atomic mass is 9.98. The van der Waals surface area contributed by atoms with E-state index in [9.17, 15) is 32.8 Å². The third-order valence-corrected chi connectivity index (χ3v) is 8.18. The lowest BCUT2D eigenvalue weighted by Crippen LogP contribution is -2.60. The van der Waals surface area contributed by atoms with Gasteiger partial charge in [0.25, 0.3) is 0 Å². The predicted octanol–water partition coefficient (Wildman–Crippen LogP) is 1.96. The molecule has 1 saturated heterocycles. The minimum Gasteiger partial charge on any atom is -0.366 e. The van der Waals surface area contributed by atoms with Crippen molar-refractivity contribution >= 4 is 39.2 Å². The van der Waals surface area contributed by atoms with Crippen LogP contribution in [0.2, 0.25) is 0 Å². The molecule has 3 heterocycles. The van der Waals surface area contributed by atoms with Crippen LogP contribution in [0.1, 0.15) is 25.5 Å². The molecule has 0 aromatic carbocycles. The topological polar surface area (TPSA) is 129 Å². The van der Waals surface area contributed by atoms with Gasteiger partial charge in [0.2, 0.25) is 11.8 Å². The molecule has 0 radical (unpaired) electrons. The zero-order valence-corrected chi connectivity index (χ0v) is 22.6. The molecule has 2 N–H and O–H groups in total. The predicted molar refractivity (Wildman–Crippen MR) is 133 cm³/mol. The Morgan fingerprint density at radius 3 is 2.62 bits per heavy atom. The van der Waals surface area contributed by atoms with Crippen LogP contribution in [0.5, 0.6) is 0 Å². The van der Waals surface area contributed by atoms with Crippen molar-refractivity contribution in [2.75, 3.05) is 13.7 Å². The lowest BCUT2D eigenvalue weighted by Gasteiger charge is -2.34. The average Bonchev–Trinajstić information content (AvgIpc) is 3.25. The highest BCUT2D eigenvalue weighted by molar-refractivity contribution is 9.10. The molecule has 206 valence electrons. The fourth-order valence-electron chi connectivity index (χ4n) is 5.42. The van der Waals surface area contributed by atoms with Crippen molar-refractivity contribution in [2.24, 2.45) is 17.3 Å². The number of rotatable bonds is 7. The first-order chi connectivity index (χ1) is 18.3. The summed E-state index contributed by atoms with van der Waals surface area (Å²) < 4.78 is 46.2. The number of methoxy groups -OCH3 is 1. The van der Waals surface area contributed by atoms with Gasteiger partial charge in [-0.25, -0.2) is 4.52 Å². The van der Waals surface area contributed by atoms with E-state index in [1.807, 2.05) is 19.9 Å². The third-order valence-electron chi connectivity index (χ3n) is 7.54. The first-order valence-electron chi connectivity index (χ1n) is 11.8. The molecule has 2 aromatic rings. The number of alkyl halides is 3. The molecule has 0 spiro atoms. The van der Waals surface area contributed by atoms with Crippen LogP contribution in [0.15, 0.2) is 29.0 Å². The molecule has 6 atom stereocenters. The zero-order chi connectivity index (χ0) is 28.9. The van der Waals surface area contributed by atoms with Crippen molar-refractivity contribution < 1.29 is 32.3 Å². The molecular weight excluding hydrogens is 585 g/mol. The van der Waals surface area contributed by atoms with E-state index in [4.69, 9.17) is 11.2 Å². The van der Waals surface area contributed by atoms with Crippen LogP contribution in [0.4, 0.5) is 13.2 Å². The van der Waals surface area contributed by atoms with E-state index in [1.54, 1.807) is 23.6 Å². The van der Waals surface area contributed by atoms with Crippen molar-refractivity contribution in [3.63, 3.8) is 0 Å². The molecule has 0 bridgehead atoms. The Morgan fingerprint density at radius 2 is 2.03 bits per heavy atom. The van der Waals surface area contributed by atoms with E-state index < -0.39 is 48.1 Å². The number of pyridine rings is 1. The number of nitrogens with zero attached hydrogens (tertiary/aromatic N) is 4. The summed E-state index contributed by atoms with van der Waals surface area (Å²) >= 11 is 3.41. The molecule has 1 unspecified atom stereocenters. The summed E-state index contributed by atoms with van der Waals surface area (Å²) in [4.78, 5) is 40.0. The number of nitrogens with one attached hydrogen (secondary N) is 2. The van der Waals surface area contributed by atoms with Gasteiger partial charge in [0.15, 0.2) is 0 Å². The minimum absolute atomic E-state index is 0.0491. The largest absolute Gasteiger partial charge is 0.471 e. The van der Waals surface area contributed by atoms with Crippen molar-refractivity contribution in [1.82, 2.24) is 25.1 Å². The Morgan fingerprint density at radius 1 is 1.33 bits per heavy atom. The monoisotopic (exact) mass is 608 g/mol. The first kappa shape index (κ1) is 28.4. The number of nitriles is 1. The highest BCUT2D eigenvalue weighted by Gasteiger charge is 2.70. The summed E-state index contributed by atoms with van der Waals surface area (Å²) in [6.07, 6.45) is 1.67. The number of likely N-dealkylation sites (tertiary alicyclic amines) is 1. The summed E-state index contributed by atoms with van der Waals surface area (Å²) in [7, 11) is 1.09. The molecule has 2 aromatic heterocycles. The zero-order valence-electron chi connectivity index (χ0n) is 21.0. The molecule has 1 aliphatic carbocycles. The quantitative estimate of drug-likeness (QED) is 0.462. The number of terminal acetylenes is 1. The lowest BCUT2D eigenvalue weighted by molar-refractivity contribution is -0.176. The van der Waals surface area contributed by atoms with E-state index in [0.717, 1.165) is 12.0 Å². The van der Waals surface area contributed by atoms with Gasteiger partial charge in [-0.2, -0.15) is 23.5 Å². The minimum atomic E-state index is -5.28. The fourth-order valence-corrected chi connectivity index (χ4v) is 5.99. The summed E-state index contributed by atoms with van der Waals surface area (Å²) in [6.45, 7) is 3.88. The number of fused-ring (bicyclic) bond motifs is 2. The fraction of sp³-hybridized carbons (Fsp3) is 0.480. The van der Waals surface area contributed by atoms with Gasteiger partial charge >= 0.3 is 12.1 Å².